The summed E-state index contributed by atoms with van der Waals surface area (Å²) in [4.78, 5) is 15.1. The van der Waals surface area contributed by atoms with E-state index in [2.05, 4.69) is 32.3 Å². The largest absolute Gasteiger partial charge is 0.481 e. The average molecular weight is 346 g/mol. The molecule has 1 aliphatic rings. The predicted molar refractivity (Wildman–Crippen MR) is 81.4 cm³/mol. The third-order valence-electron chi connectivity index (χ3n) is 4.08. The summed E-state index contributed by atoms with van der Waals surface area (Å²) >= 11 is 5.23. The SMILES string of the molecule is CC(C)(C(=O)O)C1CCCN(Cc2cc(Br)cs2)C1. The van der Waals surface area contributed by atoms with Crippen molar-refractivity contribution in [2.24, 2.45) is 11.3 Å². The van der Waals surface area contributed by atoms with Gasteiger partial charge in [-0.1, -0.05) is 0 Å². The molecule has 1 aromatic rings. The van der Waals surface area contributed by atoms with Gasteiger partial charge in [-0.3, -0.25) is 9.69 Å². The van der Waals surface area contributed by atoms with Crippen LogP contribution in [-0.2, 0) is 11.3 Å². The minimum Gasteiger partial charge on any atom is -0.481 e. The van der Waals surface area contributed by atoms with Crippen LogP contribution in [0.3, 0.4) is 0 Å². The molecule has 5 heteroatoms. The van der Waals surface area contributed by atoms with Gasteiger partial charge >= 0.3 is 5.97 Å². The number of hydrogen-bond acceptors (Lipinski definition) is 3. The Hall–Kier alpha value is -0.390. The summed E-state index contributed by atoms with van der Waals surface area (Å²) in [5.41, 5.74) is -0.630. The lowest BCUT2D eigenvalue weighted by Gasteiger charge is -2.39. The summed E-state index contributed by atoms with van der Waals surface area (Å²) in [7, 11) is 0. The number of carbonyl (C=O) groups is 1. The van der Waals surface area contributed by atoms with E-state index in [1.54, 1.807) is 11.3 Å². The Bertz CT molecular complexity index is 458. The topological polar surface area (TPSA) is 40.5 Å². The molecular weight excluding hydrogens is 326 g/mol. The molecule has 0 bridgehead atoms. The van der Waals surface area contributed by atoms with Crippen LogP contribution >= 0.6 is 27.3 Å². The highest BCUT2D eigenvalue weighted by molar-refractivity contribution is 9.10. The van der Waals surface area contributed by atoms with E-state index in [0.717, 1.165) is 36.9 Å². The van der Waals surface area contributed by atoms with Crippen molar-refractivity contribution in [2.45, 2.75) is 33.2 Å². The number of nitrogens with zero attached hydrogens (tertiary/aromatic N) is 1. The molecule has 3 nitrogen and oxygen atoms in total. The second-order valence-corrected chi connectivity index (χ2v) is 7.74. The third kappa shape index (κ3) is 3.58. The van der Waals surface area contributed by atoms with Gasteiger partial charge in [0.1, 0.15) is 0 Å². The van der Waals surface area contributed by atoms with Crippen LogP contribution in [0.1, 0.15) is 31.6 Å². The summed E-state index contributed by atoms with van der Waals surface area (Å²) in [5.74, 6) is -0.444. The van der Waals surface area contributed by atoms with Crippen LogP contribution in [0.2, 0.25) is 0 Å². The van der Waals surface area contributed by atoms with E-state index in [1.807, 2.05) is 13.8 Å². The maximum Gasteiger partial charge on any atom is 0.309 e. The first-order valence-corrected chi connectivity index (χ1v) is 8.25. The maximum atomic E-state index is 11.4. The van der Waals surface area contributed by atoms with Crippen molar-refractivity contribution in [3.63, 3.8) is 0 Å². The molecule has 1 N–H and O–H groups in total. The zero-order valence-electron chi connectivity index (χ0n) is 11.4. The fourth-order valence-electron chi connectivity index (χ4n) is 2.62. The minimum absolute atomic E-state index is 0.238. The molecule has 19 heavy (non-hydrogen) atoms. The van der Waals surface area contributed by atoms with Crippen LogP contribution in [0.5, 0.6) is 0 Å². The molecule has 0 spiro atoms. The second-order valence-electron chi connectivity index (χ2n) is 5.83. The zero-order valence-corrected chi connectivity index (χ0v) is 13.8. The molecule has 1 saturated heterocycles. The highest BCUT2D eigenvalue weighted by Crippen LogP contribution is 2.35. The summed E-state index contributed by atoms with van der Waals surface area (Å²) in [6.07, 6.45) is 2.11. The van der Waals surface area contributed by atoms with E-state index in [9.17, 15) is 9.90 Å². The number of hydrogen-bond donors (Lipinski definition) is 1. The lowest BCUT2D eigenvalue weighted by Crippen LogP contribution is -2.44. The van der Waals surface area contributed by atoms with Gasteiger partial charge in [-0.2, -0.15) is 0 Å². The number of rotatable bonds is 4. The van der Waals surface area contributed by atoms with Crippen LogP contribution in [0, 0.1) is 11.3 Å². The van der Waals surface area contributed by atoms with Gasteiger partial charge in [0.05, 0.1) is 5.41 Å². The summed E-state index contributed by atoms with van der Waals surface area (Å²) in [6.45, 7) is 6.59. The molecule has 0 amide bonds. The first-order chi connectivity index (χ1) is 8.89. The Kier molecular flexibility index (Phi) is 4.69. The van der Waals surface area contributed by atoms with E-state index in [1.165, 1.54) is 4.88 Å². The molecule has 1 fully saturated rings. The van der Waals surface area contributed by atoms with Gasteiger partial charge in [0, 0.05) is 27.8 Å². The van der Waals surface area contributed by atoms with Crippen LogP contribution in [0.15, 0.2) is 15.9 Å². The number of halogens is 1. The van der Waals surface area contributed by atoms with Crippen LogP contribution in [0.4, 0.5) is 0 Å². The average Bonchev–Trinajstić information content (AvgIpc) is 2.75. The molecule has 1 aromatic heterocycles. The van der Waals surface area contributed by atoms with Crippen molar-refractivity contribution in [3.8, 4) is 0 Å². The Morgan fingerprint density at radius 3 is 2.95 bits per heavy atom. The van der Waals surface area contributed by atoms with Crippen molar-refractivity contribution in [3.05, 3.63) is 20.8 Å². The van der Waals surface area contributed by atoms with E-state index >= 15 is 0 Å². The highest BCUT2D eigenvalue weighted by Gasteiger charge is 2.38. The molecule has 0 aromatic carbocycles. The summed E-state index contributed by atoms with van der Waals surface area (Å²) < 4.78 is 1.13. The first kappa shape index (κ1) is 15.0. The van der Waals surface area contributed by atoms with Crippen LogP contribution in [0.25, 0.3) is 0 Å². The number of aliphatic carboxylic acids is 1. The molecule has 106 valence electrons. The monoisotopic (exact) mass is 345 g/mol. The van der Waals surface area contributed by atoms with E-state index in [-0.39, 0.29) is 5.92 Å². The lowest BCUT2D eigenvalue weighted by atomic mass is 9.74. The number of piperidine rings is 1. The smallest absolute Gasteiger partial charge is 0.309 e. The van der Waals surface area contributed by atoms with Crippen LogP contribution in [-0.4, -0.2) is 29.1 Å². The van der Waals surface area contributed by atoms with Gasteiger partial charge in [-0.05, 0) is 61.1 Å². The third-order valence-corrected chi connectivity index (χ3v) is 5.76. The minimum atomic E-state index is -0.682. The van der Waals surface area contributed by atoms with Crippen molar-refractivity contribution < 1.29 is 9.90 Å². The van der Waals surface area contributed by atoms with Gasteiger partial charge in [0.25, 0.3) is 0 Å². The van der Waals surface area contributed by atoms with Crippen LogP contribution < -0.4 is 0 Å². The summed E-state index contributed by atoms with van der Waals surface area (Å²) in [6, 6.07) is 2.15. The number of thiophene rings is 1. The molecule has 0 saturated carbocycles. The molecule has 1 unspecified atom stereocenters. The number of likely N-dealkylation sites (tertiary alicyclic amines) is 1. The van der Waals surface area contributed by atoms with Gasteiger partial charge in [-0.25, -0.2) is 0 Å². The normalized spacial score (nSPS) is 21.5. The van der Waals surface area contributed by atoms with Gasteiger partial charge < -0.3 is 5.11 Å². The Morgan fingerprint density at radius 2 is 2.37 bits per heavy atom. The van der Waals surface area contributed by atoms with Crippen molar-refractivity contribution in [1.29, 1.82) is 0 Å². The van der Waals surface area contributed by atoms with Crippen molar-refractivity contribution in [2.75, 3.05) is 13.1 Å². The molecule has 2 rings (SSSR count). The number of carboxylic acids is 1. The zero-order chi connectivity index (χ0) is 14.0. The quantitative estimate of drug-likeness (QED) is 0.901. The number of carboxylic acid groups (broad SMARTS) is 1. The Morgan fingerprint density at radius 1 is 1.63 bits per heavy atom. The first-order valence-electron chi connectivity index (χ1n) is 6.58. The highest BCUT2D eigenvalue weighted by atomic mass is 79.9. The summed E-state index contributed by atoms with van der Waals surface area (Å²) in [5, 5.41) is 11.4. The fraction of sp³-hybridized carbons (Fsp3) is 0.643. The second kappa shape index (κ2) is 5.94. The Labute approximate surface area is 126 Å². The molecule has 2 heterocycles. The molecule has 1 atom stereocenters. The van der Waals surface area contributed by atoms with Gasteiger partial charge in [0.2, 0.25) is 0 Å². The predicted octanol–water partition coefficient (Wildman–Crippen LogP) is 3.83. The standard InChI is InChI=1S/C14H20BrNO2S/c1-14(2,13(17)18)10-4-3-5-16(7-10)8-12-6-11(15)9-19-12/h6,9-10H,3-5,7-8H2,1-2H3,(H,17,18). The van der Waals surface area contributed by atoms with E-state index in [0.29, 0.717) is 0 Å². The molecule has 1 aliphatic heterocycles. The van der Waals surface area contributed by atoms with Gasteiger partial charge in [-0.15, -0.1) is 11.3 Å². The van der Waals surface area contributed by atoms with Crippen molar-refractivity contribution >= 4 is 33.2 Å². The molecule has 0 aliphatic carbocycles. The van der Waals surface area contributed by atoms with E-state index in [4.69, 9.17) is 0 Å². The Balaban J connectivity index is 1.99. The maximum absolute atomic E-state index is 11.4. The lowest BCUT2D eigenvalue weighted by molar-refractivity contribution is -0.151. The molecular formula is C14H20BrNO2S. The fourth-order valence-corrected chi connectivity index (χ4v) is 4.11. The van der Waals surface area contributed by atoms with Gasteiger partial charge in [0.15, 0.2) is 0 Å². The van der Waals surface area contributed by atoms with E-state index < -0.39 is 11.4 Å². The van der Waals surface area contributed by atoms with Crippen molar-refractivity contribution in [1.82, 2.24) is 4.90 Å². The molecule has 0 radical (unpaired) electrons.